The Morgan fingerprint density at radius 2 is 2.00 bits per heavy atom. The Labute approximate surface area is 185 Å². The second kappa shape index (κ2) is 8.97. The zero-order valence-electron chi connectivity index (χ0n) is 17.6. The molecule has 1 aliphatic rings. The molecule has 8 nitrogen and oxygen atoms in total. The van der Waals surface area contributed by atoms with Gasteiger partial charge in [0.1, 0.15) is 28.0 Å². The number of nitrogens with one attached hydrogen (secondary N) is 1. The molecule has 31 heavy (non-hydrogen) atoms. The normalized spacial score (nSPS) is 14.8. The van der Waals surface area contributed by atoms with Crippen LogP contribution in [0.15, 0.2) is 39.1 Å². The monoisotopic (exact) mass is 462 g/mol. The van der Waals surface area contributed by atoms with Crippen molar-refractivity contribution in [2.45, 2.75) is 51.1 Å². The van der Waals surface area contributed by atoms with Crippen molar-refractivity contribution in [1.82, 2.24) is 19.2 Å². The molecule has 4 rings (SSSR count). The van der Waals surface area contributed by atoms with Crippen molar-refractivity contribution in [3.8, 4) is 10.7 Å². The molecule has 1 fully saturated rings. The molecular formula is C21H26N4O4S2. The lowest BCUT2D eigenvalue weighted by molar-refractivity contribution is -0.132. The van der Waals surface area contributed by atoms with Gasteiger partial charge in [-0.05, 0) is 51.3 Å². The number of thiazole rings is 1. The molecule has 3 aromatic heterocycles. The lowest BCUT2D eigenvalue weighted by Crippen LogP contribution is -2.37. The highest BCUT2D eigenvalue weighted by Gasteiger charge is 2.24. The van der Waals surface area contributed by atoms with Gasteiger partial charge in [-0.2, -0.15) is 0 Å². The molecule has 0 unspecified atom stereocenters. The van der Waals surface area contributed by atoms with Gasteiger partial charge in [-0.1, -0.05) is 0 Å². The van der Waals surface area contributed by atoms with Crippen molar-refractivity contribution < 1.29 is 17.6 Å². The highest BCUT2D eigenvalue weighted by molar-refractivity contribution is 7.89. The van der Waals surface area contributed by atoms with E-state index in [0.717, 1.165) is 43.8 Å². The van der Waals surface area contributed by atoms with E-state index in [4.69, 9.17) is 4.42 Å². The number of likely N-dealkylation sites (tertiary alicyclic amines) is 1. The third kappa shape index (κ3) is 5.08. The fourth-order valence-corrected chi connectivity index (χ4v) is 5.49. The Balaban J connectivity index is 1.60. The number of sulfonamides is 1. The van der Waals surface area contributed by atoms with Crippen LogP contribution in [-0.2, 0) is 27.9 Å². The van der Waals surface area contributed by atoms with Crippen LogP contribution < -0.4 is 4.72 Å². The molecular weight excluding hydrogens is 436 g/mol. The van der Waals surface area contributed by atoms with E-state index in [1.165, 1.54) is 17.5 Å². The van der Waals surface area contributed by atoms with Crippen molar-refractivity contribution in [2.75, 3.05) is 13.1 Å². The average molecular weight is 463 g/mol. The summed E-state index contributed by atoms with van der Waals surface area (Å²) < 4.78 is 35.6. The van der Waals surface area contributed by atoms with Gasteiger partial charge in [0.2, 0.25) is 15.9 Å². The highest BCUT2D eigenvalue weighted by atomic mass is 32.2. The summed E-state index contributed by atoms with van der Waals surface area (Å²) in [5.41, 5.74) is 1.48. The molecule has 0 radical (unpaired) electrons. The van der Waals surface area contributed by atoms with Crippen LogP contribution in [0.1, 0.15) is 36.5 Å². The molecule has 1 saturated heterocycles. The molecule has 0 atom stereocenters. The Morgan fingerprint density at radius 1 is 1.23 bits per heavy atom. The predicted octanol–water partition coefficient (Wildman–Crippen LogP) is 3.31. The minimum Gasteiger partial charge on any atom is -0.465 e. The van der Waals surface area contributed by atoms with E-state index in [1.54, 1.807) is 29.7 Å². The first kappa shape index (κ1) is 21.8. The fraction of sp³-hybridized carbons (Fsp3) is 0.429. The first-order valence-corrected chi connectivity index (χ1v) is 12.6. The second-order valence-electron chi connectivity index (χ2n) is 7.76. The van der Waals surface area contributed by atoms with Gasteiger partial charge in [-0.15, -0.1) is 11.3 Å². The summed E-state index contributed by atoms with van der Waals surface area (Å²) in [5.74, 6) is 1.25. The van der Waals surface area contributed by atoms with Crippen LogP contribution in [-0.4, -0.2) is 41.9 Å². The van der Waals surface area contributed by atoms with Gasteiger partial charge >= 0.3 is 0 Å². The van der Waals surface area contributed by atoms with Gasteiger partial charge in [-0.3, -0.25) is 4.79 Å². The molecule has 166 valence electrons. The standard InChI is InChI=1S/C21H26N4O4S2/c1-15-14-30-21(23-15)19-10-18(31(27,28)22-11-17-7-6-16(2)29-17)12-25(19)13-20(26)24-8-4-3-5-9-24/h6-7,10,12,14,22H,3-5,8-9,11,13H2,1-2H3. The van der Waals surface area contributed by atoms with Gasteiger partial charge in [-0.25, -0.2) is 18.1 Å². The largest absolute Gasteiger partial charge is 0.465 e. The van der Waals surface area contributed by atoms with Gasteiger partial charge in [0, 0.05) is 30.4 Å². The summed E-state index contributed by atoms with van der Waals surface area (Å²) in [6, 6.07) is 5.11. The number of furan rings is 1. The lowest BCUT2D eigenvalue weighted by Gasteiger charge is -2.27. The van der Waals surface area contributed by atoms with Crippen molar-refractivity contribution in [3.63, 3.8) is 0 Å². The first-order chi connectivity index (χ1) is 14.8. The second-order valence-corrected chi connectivity index (χ2v) is 10.4. The summed E-state index contributed by atoms with van der Waals surface area (Å²) in [4.78, 5) is 19.3. The van der Waals surface area contributed by atoms with Crippen LogP contribution >= 0.6 is 11.3 Å². The minimum absolute atomic E-state index is 0.00667. The highest BCUT2D eigenvalue weighted by Crippen LogP contribution is 2.28. The van der Waals surface area contributed by atoms with Crippen LogP contribution in [0, 0.1) is 13.8 Å². The smallest absolute Gasteiger partial charge is 0.242 e. The summed E-state index contributed by atoms with van der Waals surface area (Å²) >= 11 is 1.43. The van der Waals surface area contributed by atoms with Crippen molar-refractivity contribution >= 4 is 27.3 Å². The molecule has 0 spiro atoms. The number of piperidine rings is 1. The predicted molar refractivity (Wildman–Crippen MR) is 118 cm³/mol. The van der Waals surface area contributed by atoms with Crippen LogP contribution in [0.25, 0.3) is 10.7 Å². The Hall–Kier alpha value is -2.43. The van der Waals surface area contributed by atoms with E-state index in [0.29, 0.717) is 16.5 Å². The van der Waals surface area contributed by atoms with Crippen molar-refractivity contribution in [3.05, 3.63) is 47.0 Å². The van der Waals surface area contributed by atoms with E-state index in [1.807, 2.05) is 17.2 Å². The number of carbonyl (C=O) groups excluding carboxylic acids is 1. The maximum absolute atomic E-state index is 12.9. The number of carbonyl (C=O) groups is 1. The molecule has 0 aromatic carbocycles. The zero-order valence-corrected chi connectivity index (χ0v) is 19.3. The van der Waals surface area contributed by atoms with E-state index >= 15 is 0 Å². The Kier molecular flexibility index (Phi) is 6.31. The third-order valence-corrected chi connectivity index (χ3v) is 7.62. The number of amides is 1. The quantitative estimate of drug-likeness (QED) is 0.581. The van der Waals surface area contributed by atoms with Gasteiger partial charge in [0.15, 0.2) is 0 Å². The molecule has 0 aliphatic carbocycles. The minimum atomic E-state index is -3.79. The number of nitrogens with zero attached hydrogens (tertiary/aromatic N) is 3. The number of rotatable bonds is 7. The maximum Gasteiger partial charge on any atom is 0.242 e. The summed E-state index contributed by atoms with van der Waals surface area (Å²) in [7, 11) is -3.79. The number of aromatic nitrogens is 2. The van der Waals surface area contributed by atoms with E-state index < -0.39 is 10.0 Å². The van der Waals surface area contributed by atoms with E-state index in [9.17, 15) is 13.2 Å². The van der Waals surface area contributed by atoms with Gasteiger partial charge in [0.05, 0.1) is 12.2 Å². The average Bonchev–Trinajstić information content (AvgIpc) is 3.47. The van der Waals surface area contributed by atoms with Crippen LogP contribution in [0.4, 0.5) is 0 Å². The SMILES string of the molecule is Cc1csc(-c2cc(S(=O)(=O)NCc3ccc(C)o3)cn2CC(=O)N2CCCCC2)n1. The van der Waals surface area contributed by atoms with E-state index in [-0.39, 0.29) is 23.9 Å². The summed E-state index contributed by atoms with van der Waals surface area (Å²) in [6.45, 7) is 5.33. The Morgan fingerprint density at radius 3 is 2.65 bits per heavy atom. The van der Waals surface area contributed by atoms with Crippen molar-refractivity contribution in [1.29, 1.82) is 0 Å². The maximum atomic E-state index is 12.9. The molecule has 3 aromatic rings. The molecule has 1 amide bonds. The molecule has 1 N–H and O–H groups in total. The fourth-order valence-electron chi connectivity index (χ4n) is 3.63. The molecule has 10 heteroatoms. The van der Waals surface area contributed by atoms with Crippen LogP contribution in [0.2, 0.25) is 0 Å². The van der Waals surface area contributed by atoms with Crippen LogP contribution in [0.3, 0.4) is 0 Å². The zero-order chi connectivity index (χ0) is 22.0. The topological polar surface area (TPSA) is 97.4 Å². The third-order valence-electron chi connectivity index (χ3n) is 5.27. The Bertz CT molecular complexity index is 1170. The molecule has 0 bridgehead atoms. The van der Waals surface area contributed by atoms with E-state index in [2.05, 4.69) is 9.71 Å². The van der Waals surface area contributed by atoms with Crippen molar-refractivity contribution in [2.24, 2.45) is 0 Å². The first-order valence-electron chi connectivity index (χ1n) is 10.3. The van der Waals surface area contributed by atoms with Crippen LogP contribution in [0.5, 0.6) is 0 Å². The number of hydrogen-bond acceptors (Lipinski definition) is 6. The number of aryl methyl sites for hydroxylation is 2. The molecule has 4 heterocycles. The lowest BCUT2D eigenvalue weighted by atomic mass is 10.1. The summed E-state index contributed by atoms with van der Waals surface area (Å²) in [5, 5.41) is 2.59. The number of hydrogen-bond donors (Lipinski definition) is 1. The molecule has 1 aliphatic heterocycles. The molecule has 0 saturated carbocycles. The van der Waals surface area contributed by atoms with Gasteiger partial charge < -0.3 is 13.9 Å². The summed E-state index contributed by atoms with van der Waals surface area (Å²) in [6.07, 6.45) is 4.67. The van der Waals surface area contributed by atoms with Gasteiger partial charge in [0.25, 0.3) is 0 Å².